The summed E-state index contributed by atoms with van der Waals surface area (Å²) >= 11 is 12.8. The summed E-state index contributed by atoms with van der Waals surface area (Å²) in [6.45, 7) is 0. The fraction of sp³-hybridized carbons (Fsp3) is 0.0714. The average Bonchev–Trinajstić information content (AvgIpc) is 2.84. The minimum atomic E-state index is 0.228. The lowest BCUT2D eigenvalue weighted by molar-refractivity contribution is 0.965. The Labute approximate surface area is 142 Å². The Kier molecular flexibility index (Phi) is 3.98. The fourth-order valence-electron chi connectivity index (χ4n) is 2.11. The molecule has 3 rings (SSSR count). The highest BCUT2D eigenvalue weighted by Gasteiger charge is 2.16. The van der Waals surface area contributed by atoms with Gasteiger partial charge in [0.2, 0.25) is 0 Å². The number of benzene rings is 1. The zero-order valence-electron chi connectivity index (χ0n) is 10.5. The topological polar surface area (TPSA) is 54.5 Å². The minimum absolute atomic E-state index is 0.228. The number of fused-ring (bicyclic) bond motifs is 1. The molecule has 0 aliphatic heterocycles. The van der Waals surface area contributed by atoms with E-state index < -0.39 is 0 Å². The summed E-state index contributed by atoms with van der Waals surface area (Å²) in [6.07, 6.45) is 1.70. The van der Waals surface area contributed by atoms with Crippen LogP contribution in [0.25, 0.3) is 16.9 Å². The molecule has 0 saturated carbocycles. The van der Waals surface area contributed by atoms with Crippen molar-refractivity contribution in [1.82, 2.24) is 14.5 Å². The summed E-state index contributed by atoms with van der Waals surface area (Å²) in [7, 11) is 0. The zero-order chi connectivity index (χ0) is 15.0. The summed E-state index contributed by atoms with van der Waals surface area (Å²) in [6, 6.07) is 9.50. The van der Waals surface area contributed by atoms with Crippen molar-refractivity contribution in [3.8, 4) is 11.8 Å². The van der Waals surface area contributed by atoms with E-state index in [1.165, 1.54) is 0 Å². The molecule has 4 nitrogen and oxygen atoms in total. The van der Waals surface area contributed by atoms with Crippen molar-refractivity contribution in [2.24, 2.45) is 0 Å². The van der Waals surface area contributed by atoms with Crippen LogP contribution in [0.2, 0.25) is 0 Å². The van der Waals surface area contributed by atoms with Gasteiger partial charge >= 0.3 is 0 Å². The molecular weight excluding hydrogens is 419 g/mol. The SMILES string of the molecule is N#Cc1ccc(Br)cc1-n1c(CCl)nc2cc(Br)cnc21. The van der Waals surface area contributed by atoms with Crippen LogP contribution in [0.3, 0.4) is 0 Å². The summed E-state index contributed by atoms with van der Waals surface area (Å²) in [5, 5.41) is 9.33. The van der Waals surface area contributed by atoms with Crippen molar-refractivity contribution in [2.45, 2.75) is 5.88 Å². The van der Waals surface area contributed by atoms with Crippen molar-refractivity contribution in [3.63, 3.8) is 0 Å². The molecule has 0 atom stereocenters. The Morgan fingerprint density at radius 2 is 2.05 bits per heavy atom. The summed E-state index contributed by atoms with van der Waals surface area (Å²) in [4.78, 5) is 8.89. The van der Waals surface area contributed by atoms with Crippen molar-refractivity contribution in [1.29, 1.82) is 5.26 Å². The molecular formula is C14H7Br2ClN4. The van der Waals surface area contributed by atoms with Crippen molar-refractivity contribution in [3.05, 3.63) is 50.8 Å². The zero-order valence-corrected chi connectivity index (χ0v) is 14.4. The molecule has 0 aliphatic carbocycles. The van der Waals surface area contributed by atoms with E-state index in [9.17, 15) is 5.26 Å². The minimum Gasteiger partial charge on any atom is -0.278 e. The molecule has 0 amide bonds. The molecule has 0 unspecified atom stereocenters. The molecule has 0 fully saturated rings. The summed E-state index contributed by atoms with van der Waals surface area (Å²) < 4.78 is 3.53. The van der Waals surface area contributed by atoms with Gasteiger partial charge in [0, 0.05) is 15.1 Å². The van der Waals surface area contributed by atoms with Gasteiger partial charge in [0.1, 0.15) is 17.4 Å². The third kappa shape index (κ3) is 2.57. The molecule has 0 spiro atoms. The van der Waals surface area contributed by atoms with Crippen LogP contribution in [-0.2, 0) is 5.88 Å². The van der Waals surface area contributed by atoms with Crippen molar-refractivity contribution in [2.75, 3.05) is 0 Å². The van der Waals surface area contributed by atoms with Gasteiger partial charge in [0.15, 0.2) is 5.65 Å². The molecule has 0 bridgehead atoms. The second-order valence-corrected chi connectivity index (χ2v) is 6.37. The number of hydrogen-bond donors (Lipinski definition) is 0. The third-order valence-electron chi connectivity index (χ3n) is 2.97. The number of imidazole rings is 1. The largest absolute Gasteiger partial charge is 0.278 e. The van der Waals surface area contributed by atoms with E-state index in [1.807, 2.05) is 22.8 Å². The van der Waals surface area contributed by atoms with Gasteiger partial charge in [-0.2, -0.15) is 5.26 Å². The van der Waals surface area contributed by atoms with Gasteiger partial charge in [0.25, 0.3) is 0 Å². The smallest absolute Gasteiger partial charge is 0.164 e. The number of nitriles is 1. The number of halogens is 3. The van der Waals surface area contributed by atoms with Crippen LogP contribution in [0.15, 0.2) is 39.4 Å². The second-order valence-electron chi connectivity index (χ2n) is 4.27. The van der Waals surface area contributed by atoms with Crippen LogP contribution >= 0.6 is 43.5 Å². The van der Waals surface area contributed by atoms with Crippen molar-refractivity contribution >= 4 is 54.6 Å². The lowest BCUT2D eigenvalue weighted by atomic mass is 10.2. The van der Waals surface area contributed by atoms with Crippen LogP contribution in [0.5, 0.6) is 0 Å². The van der Waals surface area contributed by atoms with Gasteiger partial charge in [-0.15, -0.1) is 11.6 Å². The predicted octanol–water partition coefficient (Wildman–Crippen LogP) is 4.56. The number of hydrogen-bond acceptors (Lipinski definition) is 3. The lowest BCUT2D eigenvalue weighted by Crippen LogP contribution is -2.03. The maximum Gasteiger partial charge on any atom is 0.164 e. The van der Waals surface area contributed by atoms with Crippen LogP contribution < -0.4 is 0 Å². The highest BCUT2D eigenvalue weighted by molar-refractivity contribution is 9.10. The molecule has 104 valence electrons. The molecule has 0 aliphatic rings. The summed E-state index contributed by atoms with van der Waals surface area (Å²) in [5.41, 5.74) is 2.64. The highest BCUT2D eigenvalue weighted by Crippen LogP contribution is 2.27. The lowest BCUT2D eigenvalue weighted by Gasteiger charge is -2.09. The van der Waals surface area contributed by atoms with Crippen LogP contribution in [0.4, 0.5) is 0 Å². The van der Waals surface area contributed by atoms with Crippen LogP contribution in [0.1, 0.15) is 11.4 Å². The Morgan fingerprint density at radius 1 is 1.24 bits per heavy atom. The number of pyridine rings is 1. The summed E-state index contributed by atoms with van der Waals surface area (Å²) in [5.74, 6) is 0.873. The number of rotatable bonds is 2. The van der Waals surface area contributed by atoms with Crippen molar-refractivity contribution < 1.29 is 0 Å². The number of aromatic nitrogens is 3. The normalized spacial score (nSPS) is 10.8. The molecule has 1 aromatic carbocycles. The van der Waals surface area contributed by atoms with Gasteiger partial charge < -0.3 is 0 Å². The molecule has 7 heteroatoms. The average molecular weight is 426 g/mol. The second kappa shape index (κ2) is 5.76. The molecule has 2 aromatic heterocycles. The van der Waals surface area contributed by atoms with E-state index in [4.69, 9.17) is 11.6 Å². The van der Waals surface area contributed by atoms with E-state index in [2.05, 4.69) is 47.9 Å². The van der Waals surface area contributed by atoms with Gasteiger partial charge in [-0.25, -0.2) is 9.97 Å². The van der Waals surface area contributed by atoms with E-state index in [-0.39, 0.29) is 5.88 Å². The van der Waals surface area contributed by atoms with Gasteiger partial charge in [-0.1, -0.05) is 15.9 Å². The maximum absolute atomic E-state index is 9.33. The number of alkyl halides is 1. The number of nitrogens with zero attached hydrogens (tertiary/aromatic N) is 4. The van der Waals surface area contributed by atoms with E-state index in [1.54, 1.807) is 12.3 Å². The predicted molar refractivity (Wildman–Crippen MR) is 88.5 cm³/mol. The first-order chi connectivity index (χ1) is 10.1. The Morgan fingerprint density at radius 3 is 2.76 bits per heavy atom. The fourth-order valence-corrected chi connectivity index (χ4v) is 2.96. The molecule has 0 N–H and O–H groups in total. The quantitative estimate of drug-likeness (QED) is 0.565. The van der Waals surface area contributed by atoms with Gasteiger partial charge in [-0.05, 0) is 40.2 Å². The maximum atomic E-state index is 9.33. The Hall–Kier alpha value is -1.42. The van der Waals surface area contributed by atoms with E-state index in [0.717, 1.165) is 14.5 Å². The Balaban J connectivity index is 2.39. The van der Waals surface area contributed by atoms with E-state index >= 15 is 0 Å². The highest BCUT2D eigenvalue weighted by atomic mass is 79.9. The standard InChI is InChI=1S/C14H7Br2ClN4/c15-9-2-1-8(6-18)12(4-9)21-13(5-17)20-11-3-10(16)7-19-14(11)21/h1-4,7H,5H2. The van der Waals surface area contributed by atoms with Crippen LogP contribution in [-0.4, -0.2) is 14.5 Å². The van der Waals surface area contributed by atoms with Crippen LogP contribution in [0, 0.1) is 11.3 Å². The van der Waals surface area contributed by atoms with E-state index in [0.29, 0.717) is 22.7 Å². The van der Waals surface area contributed by atoms with Gasteiger partial charge in [-0.3, -0.25) is 4.57 Å². The first-order valence-electron chi connectivity index (χ1n) is 5.93. The molecule has 0 saturated heterocycles. The molecule has 0 radical (unpaired) electrons. The Bertz CT molecular complexity index is 883. The monoisotopic (exact) mass is 424 g/mol. The molecule has 3 aromatic rings. The third-order valence-corrected chi connectivity index (χ3v) is 4.14. The molecule has 2 heterocycles. The molecule has 21 heavy (non-hydrogen) atoms. The van der Waals surface area contributed by atoms with Gasteiger partial charge in [0.05, 0.1) is 17.1 Å². The first-order valence-corrected chi connectivity index (χ1v) is 8.05. The first kappa shape index (κ1) is 14.5.